The van der Waals surface area contributed by atoms with Gasteiger partial charge in [0.1, 0.15) is 0 Å². The number of carbonyl (C=O) groups excluding carboxylic acids is 1. The highest BCUT2D eigenvalue weighted by Gasteiger charge is 2.20. The van der Waals surface area contributed by atoms with Gasteiger partial charge in [0.2, 0.25) is 0 Å². The predicted molar refractivity (Wildman–Crippen MR) is 69.0 cm³/mol. The summed E-state index contributed by atoms with van der Waals surface area (Å²) in [7, 11) is 4.31. The van der Waals surface area contributed by atoms with Gasteiger partial charge in [0, 0.05) is 12.5 Å². The molecule has 0 spiro atoms. The molecule has 0 saturated carbocycles. The average molecular weight is 242 g/mol. The highest BCUT2D eigenvalue weighted by molar-refractivity contribution is 5.69. The lowest BCUT2D eigenvalue weighted by Gasteiger charge is -2.35. The van der Waals surface area contributed by atoms with Crippen LogP contribution in [0.5, 0.6) is 0 Å². The van der Waals surface area contributed by atoms with Crippen LogP contribution in [-0.4, -0.2) is 62.1 Å². The van der Waals surface area contributed by atoms with Gasteiger partial charge >= 0.3 is 5.97 Å². The van der Waals surface area contributed by atoms with Crippen LogP contribution in [0.3, 0.4) is 0 Å². The zero-order valence-corrected chi connectivity index (χ0v) is 11.4. The van der Waals surface area contributed by atoms with Crippen molar-refractivity contribution < 1.29 is 9.53 Å². The molecule has 1 aliphatic heterocycles. The molecule has 0 amide bonds. The minimum Gasteiger partial charge on any atom is -0.466 e. The minimum absolute atomic E-state index is 0.0596. The maximum atomic E-state index is 11.2. The summed E-state index contributed by atoms with van der Waals surface area (Å²) in [6, 6.07) is 0.733. The van der Waals surface area contributed by atoms with E-state index in [4.69, 9.17) is 4.74 Å². The zero-order valence-electron chi connectivity index (χ0n) is 11.4. The van der Waals surface area contributed by atoms with Crippen molar-refractivity contribution in [1.29, 1.82) is 0 Å². The number of carbonyl (C=O) groups is 1. The quantitative estimate of drug-likeness (QED) is 0.658. The fraction of sp³-hybridized carbons (Fsp3) is 0.923. The molecule has 0 aromatic carbocycles. The Morgan fingerprint density at radius 2 is 2.00 bits per heavy atom. The largest absolute Gasteiger partial charge is 0.466 e. The van der Waals surface area contributed by atoms with Gasteiger partial charge in [-0.3, -0.25) is 4.79 Å². The van der Waals surface area contributed by atoms with E-state index >= 15 is 0 Å². The second kappa shape index (κ2) is 7.67. The summed E-state index contributed by atoms with van der Waals surface area (Å²) in [6.45, 7) is 5.69. The normalized spacial score (nSPS) is 18.6. The molecule has 0 unspecified atom stereocenters. The Labute approximate surface area is 105 Å². The number of esters is 1. The maximum absolute atomic E-state index is 11.2. The lowest BCUT2D eigenvalue weighted by molar-refractivity contribution is -0.143. The molecule has 1 aliphatic rings. The molecule has 4 nitrogen and oxygen atoms in total. The van der Waals surface area contributed by atoms with E-state index in [1.807, 2.05) is 6.92 Å². The van der Waals surface area contributed by atoms with E-state index in [0.29, 0.717) is 13.0 Å². The van der Waals surface area contributed by atoms with Crippen LogP contribution in [0.25, 0.3) is 0 Å². The van der Waals surface area contributed by atoms with E-state index in [1.165, 1.54) is 12.8 Å². The van der Waals surface area contributed by atoms with Gasteiger partial charge in [0.25, 0.3) is 0 Å². The molecule has 0 atom stereocenters. The van der Waals surface area contributed by atoms with Crippen molar-refractivity contribution in [1.82, 2.24) is 9.80 Å². The Kier molecular flexibility index (Phi) is 6.52. The van der Waals surface area contributed by atoms with Crippen molar-refractivity contribution in [2.45, 2.75) is 38.6 Å². The second-order valence-electron chi connectivity index (χ2n) is 4.95. The molecule has 0 aliphatic carbocycles. The number of nitrogens with zero attached hydrogens (tertiary/aromatic N) is 2. The lowest BCUT2D eigenvalue weighted by atomic mass is 10.0. The smallest absolute Gasteiger partial charge is 0.305 e. The molecular formula is C13H26N2O2. The van der Waals surface area contributed by atoms with Crippen LogP contribution in [0, 0.1) is 0 Å². The molecule has 4 heteroatoms. The summed E-state index contributed by atoms with van der Waals surface area (Å²) in [6.07, 6.45) is 3.96. The first-order chi connectivity index (χ1) is 8.13. The van der Waals surface area contributed by atoms with Crippen molar-refractivity contribution in [3.63, 3.8) is 0 Å². The number of ether oxygens (including phenoxy) is 1. The number of piperidine rings is 1. The minimum atomic E-state index is -0.0596. The summed E-state index contributed by atoms with van der Waals surface area (Å²) in [5.41, 5.74) is 0. The summed E-state index contributed by atoms with van der Waals surface area (Å²) < 4.78 is 4.92. The van der Waals surface area contributed by atoms with Gasteiger partial charge in [0.15, 0.2) is 0 Å². The monoisotopic (exact) mass is 242 g/mol. The third-order valence-corrected chi connectivity index (χ3v) is 3.45. The fourth-order valence-corrected chi connectivity index (χ4v) is 2.34. The van der Waals surface area contributed by atoms with Gasteiger partial charge in [0.05, 0.1) is 6.61 Å². The molecule has 1 fully saturated rings. The van der Waals surface area contributed by atoms with Crippen molar-refractivity contribution in [2.24, 2.45) is 0 Å². The van der Waals surface area contributed by atoms with Crippen LogP contribution in [0.4, 0.5) is 0 Å². The second-order valence-corrected chi connectivity index (χ2v) is 4.95. The fourth-order valence-electron chi connectivity index (χ4n) is 2.34. The summed E-state index contributed by atoms with van der Waals surface area (Å²) >= 11 is 0. The number of hydrogen-bond donors (Lipinski definition) is 0. The first kappa shape index (κ1) is 14.5. The zero-order chi connectivity index (χ0) is 12.7. The van der Waals surface area contributed by atoms with Gasteiger partial charge in [-0.25, -0.2) is 0 Å². The predicted octanol–water partition coefficient (Wildman–Crippen LogP) is 1.36. The Morgan fingerprint density at radius 3 is 2.53 bits per heavy atom. The highest BCUT2D eigenvalue weighted by atomic mass is 16.5. The van der Waals surface area contributed by atoms with E-state index in [2.05, 4.69) is 23.9 Å². The first-order valence-corrected chi connectivity index (χ1v) is 6.68. The topological polar surface area (TPSA) is 32.8 Å². The van der Waals surface area contributed by atoms with Crippen molar-refractivity contribution in [3.8, 4) is 0 Å². The van der Waals surface area contributed by atoms with E-state index in [0.717, 1.165) is 32.1 Å². The van der Waals surface area contributed by atoms with Crippen LogP contribution in [0.15, 0.2) is 0 Å². The van der Waals surface area contributed by atoms with E-state index < -0.39 is 0 Å². The Balaban J connectivity index is 2.08. The summed E-state index contributed by atoms with van der Waals surface area (Å²) in [5.74, 6) is -0.0596. The van der Waals surface area contributed by atoms with Crippen molar-refractivity contribution in [2.75, 3.05) is 40.3 Å². The summed E-state index contributed by atoms with van der Waals surface area (Å²) in [4.78, 5) is 16.0. The van der Waals surface area contributed by atoms with Gasteiger partial charge in [-0.2, -0.15) is 0 Å². The highest BCUT2D eigenvalue weighted by Crippen LogP contribution is 2.14. The first-order valence-electron chi connectivity index (χ1n) is 6.68. The van der Waals surface area contributed by atoms with E-state index in [1.54, 1.807) is 0 Å². The van der Waals surface area contributed by atoms with Crippen LogP contribution in [-0.2, 0) is 9.53 Å². The molecule has 0 aromatic rings. The van der Waals surface area contributed by atoms with Crippen LogP contribution in [0.1, 0.15) is 32.6 Å². The van der Waals surface area contributed by atoms with E-state index in [9.17, 15) is 4.79 Å². The third-order valence-electron chi connectivity index (χ3n) is 3.45. The van der Waals surface area contributed by atoms with Crippen molar-refractivity contribution >= 4 is 5.97 Å². The average Bonchev–Trinajstić information content (AvgIpc) is 2.30. The summed E-state index contributed by atoms with van der Waals surface area (Å²) in [5, 5.41) is 0. The number of rotatable bonds is 6. The molecule has 0 N–H and O–H groups in total. The Hall–Kier alpha value is -0.610. The molecule has 17 heavy (non-hydrogen) atoms. The SMILES string of the molecule is CCOC(=O)CCCN1CCC(N(C)C)CC1. The number of hydrogen-bond acceptors (Lipinski definition) is 4. The van der Waals surface area contributed by atoms with Crippen LogP contribution in [0.2, 0.25) is 0 Å². The van der Waals surface area contributed by atoms with Crippen LogP contribution < -0.4 is 0 Å². The molecule has 1 heterocycles. The number of likely N-dealkylation sites (tertiary alicyclic amines) is 1. The Bertz CT molecular complexity index is 223. The molecule has 0 aromatic heterocycles. The molecule has 0 radical (unpaired) electrons. The Morgan fingerprint density at radius 1 is 1.35 bits per heavy atom. The molecule has 1 rings (SSSR count). The molecule has 0 bridgehead atoms. The molecule has 1 saturated heterocycles. The van der Waals surface area contributed by atoms with Gasteiger partial charge in [-0.15, -0.1) is 0 Å². The standard InChI is InChI=1S/C13H26N2O2/c1-4-17-13(16)6-5-9-15-10-7-12(8-11-15)14(2)3/h12H,4-11H2,1-3H3. The van der Waals surface area contributed by atoms with Gasteiger partial charge < -0.3 is 14.5 Å². The van der Waals surface area contributed by atoms with Crippen molar-refractivity contribution in [3.05, 3.63) is 0 Å². The van der Waals surface area contributed by atoms with Gasteiger partial charge in [-0.1, -0.05) is 0 Å². The van der Waals surface area contributed by atoms with Gasteiger partial charge in [-0.05, 0) is 59.9 Å². The molecular weight excluding hydrogens is 216 g/mol. The lowest BCUT2D eigenvalue weighted by Crippen LogP contribution is -2.42. The maximum Gasteiger partial charge on any atom is 0.305 e. The van der Waals surface area contributed by atoms with Crippen LogP contribution >= 0.6 is 0 Å². The van der Waals surface area contributed by atoms with E-state index in [-0.39, 0.29) is 5.97 Å². The third kappa shape index (κ3) is 5.50. The molecule has 100 valence electrons.